The first-order valence-electron chi connectivity index (χ1n) is 7.42. The molecule has 4 rings (SSSR count). The van der Waals surface area contributed by atoms with E-state index in [0.717, 1.165) is 20.2 Å². The Hall–Kier alpha value is -2.43. The summed E-state index contributed by atoms with van der Waals surface area (Å²) in [7, 11) is 1.47. The first-order valence-corrected chi connectivity index (χ1v) is 10.3. The van der Waals surface area contributed by atoms with Crippen molar-refractivity contribution in [1.82, 2.24) is 9.97 Å². The molecule has 0 aliphatic heterocycles. The molecule has 4 aromatic rings. The number of para-hydroxylation sites is 1. The minimum Gasteiger partial charge on any atom is -0.494 e. The van der Waals surface area contributed by atoms with E-state index < -0.39 is 4.92 Å². The van der Waals surface area contributed by atoms with Gasteiger partial charge in [-0.2, -0.15) is 0 Å². The lowest BCUT2D eigenvalue weighted by Gasteiger charge is -1.99. The summed E-state index contributed by atoms with van der Waals surface area (Å²) in [5.41, 5.74) is 1.53. The van der Waals surface area contributed by atoms with Gasteiger partial charge in [0.05, 0.1) is 33.0 Å². The Labute approximate surface area is 160 Å². The third kappa shape index (κ3) is 2.96. The second-order valence-corrected chi connectivity index (χ2v) is 8.13. The fraction of sp³-hybridized carbons (Fsp3) is 0.125. The molecule has 10 heteroatoms. The molecule has 0 bridgehead atoms. The Bertz CT molecular complexity index is 1140. The van der Waals surface area contributed by atoms with Crippen molar-refractivity contribution < 1.29 is 9.66 Å². The van der Waals surface area contributed by atoms with Crippen LogP contribution in [0.2, 0.25) is 0 Å². The summed E-state index contributed by atoms with van der Waals surface area (Å²) in [4.78, 5) is 20.9. The van der Waals surface area contributed by atoms with Crippen molar-refractivity contribution in [3.8, 4) is 5.75 Å². The molecule has 0 saturated heterocycles. The summed E-state index contributed by atoms with van der Waals surface area (Å²) in [5.74, 6) is 0.382. The van der Waals surface area contributed by atoms with E-state index in [1.807, 2.05) is 24.5 Å². The predicted molar refractivity (Wildman–Crippen MR) is 108 cm³/mol. The van der Waals surface area contributed by atoms with Gasteiger partial charge in [-0.1, -0.05) is 28.7 Å². The largest absolute Gasteiger partial charge is 0.494 e. The minimum atomic E-state index is -0.438. The molecule has 7 nitrogen and oxygen atoms in total. The quantitative estimate of drug-likeness (QED) is 0.275. The van der Waals surface area contributed by atoms with E-state index in [1.54, 1.807) is 23.1 Å². The highest BCUT2D eigenvalue weighted by Gasteiger charge is 2.17. The molecular weight excluding hydrogens is 392 g/mol. The standard InChI is InChI=1S/C16H12N4O3S3/c1-23-9-6-8(20(21)22)7-12-13(9)17-15(26-12)19-16-18-14-10(24-2)4-3-5-11(14)25-16/h3-7H,1-2H3,(H,17,18,19). The van der Waals surface area contributed by atoms with Gasteiger partial charge in [-0.15, -0.1) is 11.8 Å². The number of thiazole rings is 2. The molecule has 1 N–H and O–H groups in total. The average Bonchev–Trinajstić information content (AvgIpc) is 3.23. The van der Waals surface area contributed by atoms with Crippen molar-refractivity contribution in [3.05, 3.63) is 40.4 Å². The maximum Gasteiger partial charge on any atom is 0.274 e. The lowest BCUT2D eigenvalue weighted by molar-refractivity contribution is -0.384. The molecule has 2 aromatic carbocycles. The van der Waals surface area contributed by atoms with E-state index in [0.29, 0.717) is 21.1 Å². The van der Waals surface area contributed by atoms with Crippen molar-refractivity contribution in [2.75, 3.05) is 18.7 Å². The van der Waals surface area contributed by atoms with Crippen LogP contribution in [0.15, 0.2) is 35.2 Å². The van der Waals surface area contributed by atoms with Gasteiger partial charge >= 0.3 is 0 Å². The zero-order valence-corrected chi connectivity index (χ0v) is 16.1. The summed E-state index contributed by atoms with van der Waals surface area (Å²) in [6, 6.07) is 8.97. The van der Waals surface area contributed by atoms with Gasteiger partial charge in [-0.05, 0) is 18.4 Å². The fourth-order valence-corrected chi connectivity index (χ4v) is 5.03. The number of hydrogen-bond donors (Lipinski definition) is 1. The van der Waals surface area contributed by atoms with Gasteiger partial charge in [-0.25, -0.2) is 9.97 Å². The van der Waals surface area contributed by atoms with Crippen LogP contribution in [0.4, 0.5) is 16.0 Å². The number of aromatic nitrogens is 2. The number of nitrogens with one attached hydrogen (secondary N) is 1. The molecule has 132 valence electrons. The Morgan fingerprint density at radius 2 is 1.88 bits per heavy atom. The minimum absolute atomic E-state index is 0.0193. The average molecular weight is 404 g/mol. The summed E-state index contributed by atoms with van der Waals surface area (Å²) in [6.07, 6.45) is 2.02. The summed E-state index contributed by atoms with van der Waals surface area (Å²) < 4.78 is 7.03. The van der Waals surface area contributed by atoms with Gasteiger partial charge in [-0.3, -0.25) is 10.1 Å². The maximum atomic E-state index is 11.1. The molecule has 0 spiro atoms. The molecular formula is C16H12N4O3S3. The molecule has 0 radical (unpaired) electrons. The van der Waals surface area contributed by atoms with E-state index in [9.17, 15) is 10.1 Å². The number of hydrogen-bond acceptors (Lipinski definition) is 9. The van der Waals surface area contributed by atoms with Gasteiger partial charge in [0.15, 0.2) is 16.0 Å². The molecule has 0 fully saturated rings. The summed E-state index contributed by atoms with van der Waals surface area (Å²) >= 11 is 4.52. The molecule has 0 unspecified atom stereocenters. The van der Waals surface area contributed by atoms with Gasteiger partial charge in [0.2, 0.25) is 0 Å². The second-order valence-electron chi connectivity index (χ2n) is 5.22. The van der Waals surface area contributed by atoms with Gasteiger partial charge in [0, 0.05) is 11.0 Å². The van der Waals surface area contributed by atoms with Crippen LogP contribution in [0.25, 0.3) is 20.4 Å². The maximum absolute atomic E-state index is 11.1. The molecule has 0 saturated carbocycles. The Balaban J connectivity index is 1.74. The van der Waals surface area contributed by atoms with Gasteiger partial charge in [0.1, 0.15) is 5.52 Å². The molecule has 0 aliphatic carbocycles. The molecule has 26 heavy (non-hydrogen) atoms. The Kier molecular flexibility index (Phi) is 4.39. The lowest BCUT2D eigenvalue weighted by atomic mass is 10.3. The van der Waals surface area contributed by atoms with Crippen molar-refractivity contribution in [3.63, 3.8) is 0 Å². The number of anilines is 2. The third-order valence-electron chi connectivity index (χ3n) is 3.69. The molecule has 0 atom stereocenters. The number of thioether (sulfide) groups is 1. The van der Waals surface area contributed by atoms with E-state index in [2.05, 4.69) is 15.3 Å². The lowest BCUT2D eigenvalue weighted by Crippen LogP contribution is -1.91. The highest BCUT2D eigenvalue weighted by molar-refractivity contribution is 7.98. The zero-order chi connectivity index (χ0) is 18.3. The Morgan fingerprint density at radius 3 is 2.58 bits per heavy atom. The molecule has 2 heterocycles. The van der Waals surface area contributed by atoms with Crippen LogP contribution in [0.5, 0.6) is 5.75 Å². The van der Waals surface area contributed by atoms with Crippen LogP contribution in [-0.2, 0) is 0 Å². The zero-order valence-electron chi connectivity index (χ0n) is 13.7. The van der Waals surface area contributed by atoms with E-state index in [-0.39, 0.29) is 5.69 Å². The van der Waals surface area contributed by atoms with Crippen LogP contribution in [-0.4, -0.2) is 28.3 Å². The van der Waals surface area contributed by atoms with Crippen LogP contribution >= 0.6 is 34.4 Å². The number of rotatable bonds is 5. The van der Waals surface area contributed by atoms with Crippen LogP contribution < -0.4 is 10.1 Å². The first kappa shape index (κ1) is 17.0. The van der Waals surface area contributed by atoms with Gasteiger partial charge in [0.25, 0.3) is 5.69 Å². The van der Waals surface area contributed by atoms with E-state index >= 15 is 0 Å². The first-order chi connectivity index (χ1) is 12.6. The second kappa shape index (κ2) is 6.71. The SMILES string of the molecule is COc1cc([N+](=O)[O-])cc2sc(Nc3nc4c(SC)cccc4s3)nc12. The number of nitro groups is 1. The van der Waals surface area contributed by atoms with Crippen molar-refractivity contribution in [2.24, 2.45) is 0 Å². The van der Waals surface area contributed by atoms with Crippen molar-refractivity contribution in [2.45, 2.75) is 4.90 Å². The predicted octanol–water partition coefficient (Wildman–Crippen LogP) is 5.29. The van der Waals surface area contributed by atoms with Crippen LogP contribution in [0.3, 0.4) is 0 Å². The topological polar surface area (TPSA) is 90.2 Å². The number of nitro benzene ring substituents is 1. The number of methoxy groups -OCH3 is 1. The normalized spacial score (nSPS) is 11.2. The van der Waals surface area contributed by atoms with E-state index in [1.165, 1.54) is 30.6 Å². The van der Waals surface area contributed by atoms with E-state index in [4.69, 9.17) is 4.74 Å². The van der Waals surface area contributed by atoms with Crippen LogP contribution in [0.1, 0.15) is 0 Å². The molecule has 0 aliphatic rings. The highest BCUT2D eigenvalue weighted by atomic mass is 32.2. The number of benzene rings is 2. The fourth-order valence-electron chi connectivity index (χ4n) is 2.53. The Morgan fingerprint density at radius 1 is 1.15 bits per heavy atom. The van der Waals surface area contributed by atoms with Crippen LogP contribution in [0, 0.1) is 10.1 Å². The monoisotopic (exact) mass is 404 g/mol. The summed E-state index contributed by atoms with van der Waals surface area (Å²) in [6.45, 7) is 0. The number of nitrogens with zero attached hydrogens (tertiary/aromatic N) is 3. The van der Waals surface area contributed by atoms with Crippen molar-refractivity contribution in [1.29, 1.82) is 0 Å². The smallest absolute Gasteiger partial charge is 0.274 e. The highest BCUT2D eigenvalue weighted by Crippen LogP contribution is 2.39. The number of non-ortho nitro benzene ring substituents is 1. The molecule has 0 amide bonds. The van der Waals surface area contributed by atoms with Crippen molar-refractivity contribution >= 4 is 70.8 Å². The number of ether oxygens (including phenoxy) is 1. The molecule has 2 aromatic heterocycles. The van der Waals surface area contributed by atoms with Gasteiger partial charge < -0.3 is 10.1 Å². The third-order valence-corrected chi connectivity index (χ3v) is 6.31. The number of fused-ring (bicyclic) bond motifs is 2. The summed E-state index contributed by atoms with van der Waals surface area (Å²) in [5, 5.41) is 15.6.